The fourth-order valence-electron chi connectivity index (χ4n) is 2.02. The zero-order chi connectivity index (χ0) is 6.97. The summed E-state index contributed by atoms with van der Waals surface area (Å²) < 4.78 is 5.35. The van der Waals surface area contributed by atoms with Gasteiger partial charge in [-0.05, 0) is 18.8 Å². The van der Waals surface area contributed by atoms with Gasteiger partial charge in [-0.1, -0.05) is 26.2 Å². The molecule has 2 aliphatic rings. The van der Waals surface area contributed by atoms with Crippen LogP contribution in [0.5, 0.6) is 0 Å². The second-order valence-corrected chi connectivity index (χ2v) is 3.55. The number of hydrogen-bond acceptors (Lipinski definition) is 1. The van der Waals surface area contributed by atoms with E-state index in [0.717, 1.165) is 12.3 Å². The standard InChI is InChI=1S/C9H15O/c1-2-3-4-7-5-8-9(6-7)10-8/h7-9H,1-6H2. The Balaban J connectivity index is 1.66. The van der Waals surface area contributed by atoms with E-state index in [9.17, 15) is 0 Å². The van der Waals surface area contributed by atoms with Crippen LogP contribution in [-0.4, -0.2) is 12.2 Å². The molecule has 0 aromatic rings. The van der Waals surface area contributed by atoms with E-state index in [-0.39, 0.29) is 0 Å². The van der Waals surface area contributed by atoms with Crippen molar-refractivity contribution < 1.29 is 4.74 Å². The van der Waals surface area contributed by atoms with E-state index in [4.69, 9.17) is 4.74 Å². The first kappa shape index (κ1) is 6.66. The minimum atomic E-state index is 0.676. The van der Waals surface area contributed by atoms with Crippen molar-refractivity contribution in [1.82, 2.24) is 0 Å². The van der Waals surface area contributed by atoms with E-state index < -0.39 is 0 Å². The summed E-state index contributed by atoms with van der Waals surface area (Å²) in [7, 11) is 0. The van der Waals surface area contributed by atoms with E-state index in [2.05, 4.69) is 6.92 Å². The van der Waals surface area contributed by atoms with Crippen LogP contribution in [0.25, 0.3) is 0 Å². The number of unbranched alkanes of at least 4 members (excludes halogenated alkanes) is 1. The van der Waals surface area contributed by atoms with Gasteiger partial charge in [0.15, 0.2) is 0 Å². The molecule has 1 nitrogen and oxygen atoms in total. The van der Waals surface area contributed by atoms with Crippen LogP contribution in [0.1, 0.15) is 32.1 Å². The van der Waals surface area contributed by atoms with Gasteiger partial charge in [0.1, 0.15) is 0 Å². The third-order valence-electron chi connectivity index (χ3n) is 2.68. The topological polar surface area (TPSA) is 12.5 Å². The van der Waals surface area contributed by atoms with Crippen molar-refractivity contribution >= 4 is 0 Å². The van der Waals surface area contributed by atoms with Crippen LogP contribution in [0.4, 0.5) is 0 Å². The molecule has 0 amide bonds. The Kier molecular flexibility index (Phi) is 1.69. The first-order valence-electron chi connectivity index (χ1n) is 4.35. The van der Waals surface area contributed by atoms with Crippen LogP contribution < -0.4 is 0 Å². The summed E-state index contributed by atoms with van der Waals surface area (Å²) in [4.78, 5) is 0. The minimum Gasteiger partial charge on any atom is -0.370 e. The van der Waals surface area contributed by atoms with Crippen molar-refractivity contribution in [1.29, 1.82) is 0 Å². The lowest BCUT2D eigenvalue weighted by Gasteiger charge is -2.08. The normalized spacial score (nSPS) is 43.5. The number of ether oxygens (including phenoxy) is 1. The monoisotopic (exact) mass is 139 g/mol. The van der Waals surface area contributed by atoms with Gasteiger partial charge in [-0.3, -0.25) is 0 Å². The molecule has 57 valence electrons. The first-order chi connectivity index (χ1) is 4.90. The van der Waals surface area contributed by atoms with Crippen molar-refractivity contribution in [2.75, 3.05) is 0 Å². The highest BCUT2D eigenvalue weighted by Crippen LogP contribution is 2.43. The summed E-state index contributed by atoms with van der Waals surface area (Å²) in [5.41, 5.74) is 0. The fourth-order valence-corrected chi connectivity index (χ4v) is 2.02. The minimum absolute atomic E-state index is 0.676. The molecule has 1 saturated heterocycles. The Labute approximate surface area is 62.8 Å². The fraction of sp³-hybridized carbons (Fsp3) is 0.889. The molecule has 0 bridgehead atoms. The molecule has 1 heterocycles. The van der Waals surface area contributed by atoms with Gasteiger partial charge in [0.05, 0.1) is 12.2 Å². The Morgan fingerprint density at radius 2 is 2.00 bits per heavy atom. The second-order valence-electron chi connectivity index (χ2n) is 3.55. The highest BCUT2D eigenvalue weighted by molar-refractivity contribution is 4.95. The molecule has 2 fully saturated rings. The number of epoxide rings is 1. The van der Waals surface area contributed by atoms with Gasteiger partial charge in [0, 0.05) is 0 Å². The van der Waals surface area contributed by atoms with Gasteiger partial charge in [0.25, 0.3) is 0 Å². The molecule has 0 spiro atoms. The highest BCUT2D eigenvalue weighted by atomic mass is 16.6. The van der Waals surface area contributed by atoms with Crippen LogP contribution in [0.15, 0.2) is 0 Å². The predicted octanol–water partition coefficient (Wildman–Crippen LogP) is 2.17. The van der Waals surface area contributed by atoms with Crippen molar-refractivity contribution in [3.8, 4) is 0 Å². The average Bonchev–Trinajstić information content (AvgIpc) is 2.56. The molecule has 1 aliphatic carbocycles. The summed E-state index contributed by atoms with van der Waals surface area (Å²) in [6.45, 7) is 3.85. The summed E-state index contributed by atoms with van der Waals surface area (Å²) in [6, 6.07) is 0. The second kappa shape index (κ2) is 2.54. The summed E-state index contributed by atoms with van der Waals surface area (Å²) in [5.74, 6) is 0.977. The Hall–Kier alpha value is -0.0400. The Morgan fingerprint density at radius 3 is 2.60 bits per heavy atom. The van der Waals surface area contributed by atoms with Gasteiger partial charge >= 0.3 is 0 Å². The lowest BCUT2D eigenvalue weighted by Crippen LogP contribution is -1.98. The van der Waals surface area contributed by atoms with Crippen molar-refractivity contribution in [3.05, 3.63) is 6.92 Å². The van der Waals surface area contributed by atoms with Crippen LogP contribution >= 0.6 is 0 Å². The third kappa shape index (κ3) is 1.20. The molecule has 2 unspecified atom stereocenters. The molecule has 1 aliphatic heterocycles. The summed E-state index contributed by atoms with van der Waals surface area (Å²) in [5, 5.41) is 0. The van der Waals surface area contributed by atoms with E-state index in [1.165, 1.54) is 25.7 Å². The number of hydrogen-bond donors (Lipinski definition) is 0. The molecule has 2 rings (SSSR count). The Morgan fingerprint density at radius 1 is 1.30 bits per heavy atom. The molecule has 2 atom stereocenters. The number of fused-ring (bicyclic) bond motifs is 1. The quantitative estimate of drug-likeness (QED) is 0.546. The van der Waals surface area contributed by atoms with Crippen molar-refractivity contribution in [3.63, 3.8) is 0 Å². The number of rotatable bonds is 3. The molecule has 0 N–H and O–H groups in total. The predicted molar refractivity (Wildman–Crippen MR) is 40.6 cm³/mol. The Bertz CT molecular complexity index is 112. The molecule has 1 saturated carbocycles. The van der Waals surface area contributed by atoms with Crippen LogP contribution in [-0.2, 0) is 4.74 Å². The molecule has 0 aromatic heterocycles. The maximum atomic E-state index is 5.35. The van der Waals surface area contributed by atoms with E-state index in [1.54, 1.807) is 0 Å². The average molecular weight is 139 g/mol. The highest BCUT2D eigenvalue weighted by Gasteiger charge is 2.47. The maximum Gasteiger partial charge on any atom is 0.0844 e. The van der Waals surface area contributed by atoms with Gasteiger partial charge in [-0.15, -0.1) is 0 Å². The lowest BCUT2D eigenvalue weighted by atomic mass is 10.0. The third-order valence-corrected chi connectivity index (χ3v) is 2.68. The molecule has 1 radical (unpaired) electrons. The van der Waals surface area contributed by atoms with Crippen LogP contribution in [0.2, 0.25) is 0 Å². The molecule has 1 heteroatoms. The molecular weight excluding hydrogens is 124 g/mol. The van der Waals surface area contributed by atoms with Gasteiger partial charge in [-0.2, -0.15) is 0 Å². The maximum absolute atomic E-state index is 5.35. The van der Waals surface area contributed by atoms with Crippen LogP contribution in [0.3, 0.4) is 0 Å². The summed E-state index contributed by atoms with van der Waals surface area (Å²) >= 11 is 0. The van der Waals surface area contributed by atoms with Crippen LogP contribution in [0, 0.1) is 12.8 Å². The van der Waals surface area contributed by atoms with Gasteiger partial charge < -0.3 is 4.74 Å². The van der Waals surface area contributed by atoms with Crippen molar-refractivity contribution in [2.24, 2.45) is 5.92 Å². The first-order valence-corrected chi connectivity index (χ1v) is 4.35. The van der Waals surface area contributed by atoms with E-state index >= 15 is 0 Å². The molecule has 10 heavy (non-hydrogen) atoms. The summed E-state index contributed by atoms with van der Waals surface area (Å²) in [6.07, 6.45) is 7.83. The van der Waals surface area contributed by atoms with Crippen molar-refractivity contribution in [2.45, 2.75) is 44.3 Å². The smallest absolute Gasteiger partial charge is 0.0844 e. The SMILES string of the molecule is [CH2]CCCC1CC2OC2C1. The van der Waals surface area contributed by atoms with E-state index in [1.807, 2.05) is 0 Å². The lowest BCUT2D eigenvalue weighted by molar-refractivity contribution is 0.263. The zero-order valence-corrected chi connectivity index (χ0v) is 6.38. The van der Waals surface area contributed by atoms with E-state index in [0.29, 0.717) is 12.2 Å². The van der Waals surface area contributed by atoms with Gasteiger partial charge in [-0.25, -0.2) is 0 Å². The molecular formula is C9H15O. The van der Waals surface area contributed by atoms with Gasteiger partial charge in [0.2, 0.25) is 0 Å². The molecule has 0 aromatic carbocycles. The largest absolute Gasteiger partial charge is 0.370 e. The zero-order valence-electron chi connectivity index (χ0n) is 6.38.